The number of carboxylic acids is 2. The maximum Gasteiger partial charge on any atom is 0.326 e. The lowest BCUT2D eigenvalue weighted by atomic mass is 9.84. The van der Waals surface area contributed by atoms with E-state index in [9.17, 15) is 48.6 Å². The summed E-state index contributed by atoms with van der Waals surface area (Å²) in [5.41, 5.74) is 2.91. The second-order valence-corrected chi connectivity index (χ2v) is 17.9. The van der Waals surface area contributed by atoms with E-state index in [1.165, 1.54) is 18.9 Å². The van der Waals surface area contributed by atoms with Crippen LogP contribution in [-0.4, -0.2) is 111 Å². The normalized spacial score (nSPS) is 14.9. The Kier molecular flexibility index (Phi) is 19.8. The topological polar surface area (TPSA) is 256 Å². The van der Waals surface area contributed by atoms with Gasteiger partial charge in [0.1, 0.15) is 36.3 Å². The van der Waals surface area contributed by atoms with Crippen molar-refractivity contribution >= 4 is 58.3 Å². The predicted molar refractivity (Wildman–Crippen MR) is 257 cm³/mol. The van der Waals surface area contributed by atoms with Gasteiger partial charge in [0.25, 0.3) is 0 Å². The minimum absolute atomic E-state index is 0.0440. The van der Waals surface area contributed by atoms with E-state index in [1.807, 2.05) is 81.4 Å². The number of aromatic nitrogens is 1. The number of aliphatic carboxylic acids is 2. The lowest BCUT2D eigenvalue weighted by molar-refractivity contribution is -0.147. The number of fused-ring (bicyclic) bond motifs is 1. The number of benzene rings is 3. The fraction of sp³-hybridized carbons (Fsp3) is 0.451. The lowest BCUT2D eigenvalue weighted by Crippen LogP contribution is -2.62. The van der Waals surface area contributed by atoms with Crippen molar-refractivity contribution in [1.82, 2.24) is 36.5 Å². The summed E-state index contributed by atoms with van der Waals surface area (Å²) in [6.07, 6.45) is 1.60. The summed E-state index contributed by atoms with van der Waals surface area (Å²) in [5, 5.41) is 34.3. The number of likely N-dealkylation sites (N-methyl/N-ethyl adjacent to an activating group) is 1. The maximum absolute atomic E-state index is 14.5. The molecular weight excluding hydrogens is 871 g/mol. The number of carboxylic acid groups (broad SMARTS) is 2. The molecule has 0 aliphatic heterocycles. The Morgan fingerprint density at radius 1 is 0.618 bits per heavy atom. The Morgan fingerprint density at radius 2 is 1.15 bits per heavy atom. The molecule has 17 heteroatoms. The van der Waals surface area contributed by atoms with Crippen LogP contribution in [0.25, 0.3) is 10.9 Å². The number of hydrogen-bond donors (Lipinski definition) is 8. The van der Waals surface area contributed by atoms with E-state index in [2.05, 4.69) is 31.6 Å². The van der Waals surface area contributed by atoms with Gasteiger partial charge in [0.15, 0.2) is 0 Å². The number of rotatable bonds is 25. The van der Waals surface area contributed by atoms with Gasteiger partial charge in [-0.1, -0.05) is 133 Å². The first-order valence-electron chi connectivity index (χ1n) is 23.1. The maximum atomic E-state index is 14.5. The summed E-state index contributed by atoms with van der Waals surface area (Å²) in [7, 11) is 1.39. The number of aromatic amines is 1. The predicted octanol–water partition coefficient (Wildman–Crippen LogP) is 4.51. The van der Waals surface area contributed by atoms with E-state index in [0.29, 0.717) is 29.5 Å². The molecule has 0 saturated carbocycles. The van der Waals surface area contributed by atoms with Crippen molar-refractivity contribution in [2.24, 2.45) is 17.8 Å². The molecular formula is C51H67N7O10. The molecule has 366 valence electrons. The van der Waals surface area contributed by atoms with Crippen LogP contribution >= 0.6 is 0 Å². The van der Waals surface area contributed by atoms with Crippen LogP contribution < -0.4 is 26.6 Å². The van der Waals surface area contributed by atoms with Crippen molar-refractivity contribution in [1.29, 1.82) is 0 Å². The van der Waals surface area contributed by atoms with Crippen molar-refractivity contribution in [3.8, 4) is 0 Å². The molecule has 0 aliphatic rings. The van der Waals surface area contributed by atoms with Crippen LogP contribution in [0.2, 0.25) is 0 Å². The van der Waals surface area contributed by atoms with Crippen LogP contribution in [0.3, 0.4) is 0 Å². The van der Waals surface area contributed by atoms with Crippen LogP contribution in [0.1, 0.15) is 96.8 Å². The summed E-state index contributed by atoms with van der Waals surface area (Å²) in [4.78, 5) is 113. The molecule has 6 amide bonds. The zero-order valence-corrected chi connectivity index (χ0v) is 40.1. The third kappa shape index (κ3) is 14.5. The average molecular weight is 938 g/mol. The van der Waals surface area contributed by atoms with Crippen molar-refractivity contribution in [2.75, 3.05) is 7.05 Å². The first-order valence-corrected chi connectivity index (χ1v) is 23.1. The Hall–Kier alpha value is -7.04. The standard InChI is InChI=1S/C51H67N7O10/c1-9-30(5)43(50(66)58(8)45(31(6)10-2)49(65)56-40(51(67)68)26-35-28-52-37-24-18-17-23-36(35)37)57-47(63)39(27-41(60)61)54-46(62)38(25-29(3)4)55-48(64)44(53-32(7)59)42(33-19-13-11-14-20-33)34-21-15-12-16-22-34/h11-24,28-31,38-40,42-45,52H,9-10,25-27H2,1-8H3,(H,53,59)(H,54,62)(H,55,64)(H,56,65)(H,57,63)(H,60,61)(H,67,68)/t30-,31-,38-,39-,40-,43-,44-,45-/m0/s1. The Bertz CT molecular complexity index is 2330. The van der Waals surface area contributed by atoms with Gasteiger partial charge in [0, 0.05) is 43.4 Å². The highest BCUT2D eigenvalue weighted by molar-refractivity contribution is 5.98. The second kappa shape index (κ2) is 25.2. The second-order valence-electron chi connectivity index (χ2n) is 17.9. The van der Waals surface area contributed by atoms with E-state index in [0.717, 1.165) is 10.9 Å². The minimum Gasteiger partial charge on any atom is -0.481 e. The van der Waals surface area contributed by atoms with Crippen LogP contribution in [-0.2, 0) is 44.8 Å². The molecule has 68 heavy (non-hydrogen) atoms. The van der Waals surface area contributed by atoms with Gasteiger partial charge in [0.05, 0.1) is 6.42 Å². The number of carbonyl (C=O) groups excluding carboxylic acids is 6. The fourth-order valence-electron chi connectivity index (χ4n) is 8.35. The third-order valence-corrected chi connectivity index (χ3v) is 12.4. The van der Waals surface area contributed by atoms with E-state index in [1.54, 1.807) is 51.2 Å². The van der Waals surface area contributed by atoms with Gasteiger partial charge in [-0.15, -0.1) is 0 Å². The summed E-state index contributed by atoms with van der Waals surface area (Å²) >= 11 is 0. The van der Waals surface area contributed by atoms with Gasteiger partial charge in [-0.05, 0) is 46.9 Å². The molecule has 0 unspecified atom stereocenters. The molecule has 0 radical (unpaired) electrons. The zero-order chi connectivity index (χ0) is 50.2. The lowest BCUT2D eigenvalue weighted by Gasteiger charge is -2.36. The van der Waals surface area contributed by atoms with Crippen LogP contribution in [0.4, 0.5) is 0 Å². The van der Waals surface area contributed by atoms with Crippen molar-refractivity contribution < 1.29 is 48.6 Å². The molecule has 8 N–H and O–H groups in total. The molecule has 0 saturated heterocycles. The van der Waals surface area contributed by atoms with Crippen molar-refractivity contribution in [3.05, 3.63) is 108 Å². The summed E-state index contributed by atoms with van der Waals surface area (Å²) in [6, 6.07) is 17.4. The molecule has 8 atom stereocenters. The number of amides is 6. The zero-order valence-electron chi connectivity index (χ0n) is 40.1. The number of carbonyl (C=O) groups is 8. The quantitative estimate of drug-likeness (QED) is 0.0461. The molecule has 3 aromatic carbocycles. The first-order chi connectivity index (χ1) is 32.3. The average Bonchev–Trinajstić information content (AvgIpc) is 3.71. The highest BCUT2D eigenvalue weighted by Crippen LogP contribution is 2.29. The van der Waals surface area contributed by atoms with E-state index < -0.39 is 108 Å². The molecule has 4 rings (SSSR count). The summed E-state index contributed by atoms with van der Waals surface area (Å²) in [5.74, 6) is -9.11. The number of nitrogens with one attached hydrogen (secondary N) is 6. The molecule has 0 fully saturated rings. The van der Waals surface area contributed by atoms with Gasteiger partial charge in [-0.25, -0.2) is 4.79 Å². The fourth-order valence-corrected chi connectivity index (χ4v) is 8.35. The molecule has 0 bridgehead atoms. The summed E-state index contributed by atoms with van der Waals surface area (Å²) in [6.45, 7) is 11.9. The Morgan fingerprint density at radius 3 is 1.68 bits per heavy atom. The minimum atomic E-state index is -1.72. The first kappa shape index (κ1) is 53.6. The van der Waals surface area contributed by atoms with Gasteiger partial charge in [-0.2, -0.15) is 0 Å². The van der Waals surface area contributed by atoms with E-state index >= 15 is 0 Å². The molecule has 4 aromatic rings. The smallest absolute Gasteiger partial charge is 0.326 e. The Labute approximate surface area is 397 Å². The van der Waals surface area contributed by atoms with E-state index in [4.69, 9.17) is 0 Å². The van der Waals surface area contributed by atoms with Gasteiger partial charge in [0.2, 0.25) is 35.4 Å². The van der Waals surface area contributed by atoms with Crippen molar-refractivity contribution in [2.45, 2.75) is 123 Å². The van der Waals surface area contributed by atoms with E-state index in [-0.39, 0.29) is 18.8 Å². The molecule has 1 aromatic heterocycles. The van der Waals surface area contributed by atoms with Crippen LogP contribution in [0.5, 0.6) is 0 Å². The van der Waals surface area contributed by atoms with Gasteiger partial charge in [-0.3, -0.25) is 33.6 Å². The van der Waals surface area contributed by atoms with Gasteiger partial charge < -0.3 is 46.7 Å². The SMILES string of the molecule is CC[C@H](C)[C@H](NC(=O)[C@H](CC(=O)O)NC(=O)[C@H](CC(C)C)NC(=O)[C@@H](NC(C)=O)C(c1ccccc1)c1ccccc1)C(=O)N(C)[C@H](C(=O)N[C@@H](Cc1c[nH]c2ccccc12)C(=O)O)[C@@H](C)CC. The van der Waals surface area contributed by atoms with Crippen molar-refractivity contribution in [3.63, 3.8) is 0 Å². The monoisotopic (exact) mass is 937 g/mol. The molecule has 0 spiro atoms. The summed E-state index contributed by atoms with van der Waals surface area (Å²) < 4.78 is 0. The molecule has 1 heterocycles. The number of nitrogens with zero attached hydrogens (tertiary/aromatic N) is 1. The highest BCUT2D eigenvalue weighted by Gasteiger charge is 2.40. The largest absolute Gasteiger partial charge is 0.481 e. The number of para-hydroxylation sites is 1. The molecule has 0 aliphatic carbocycles. The molecule has 17 nitrogen and oxygen atoms in total. The highest BCUT2D eigenvalue weighted by atomic mass is 16.4. The van der Waals surface area contributed by atoms with Gasteiger partial charge >= 0.3 is 11.9 Å². The van der Waals surface area contributed by atoms with Crippen LogP contribution in [0, 0.1) is 17.8 Å². The number of H-pyrrole nitrogens is 1. The van der Waals surface area contributed by atoms with Crippen LogP contribution in [0.15, 0.2) is 91.1 Å². The Balaban J connectivity index is 1.59. The number of hydrogen-bond acceptors (Lipinski definition) is 8. The third-order valence-electron chi connectivity index (χ3n) is 12.4.